The van der Waals surface area contributed by atoms with Crippen molar-refractivity contribution >= 4 is 11.6 Å². The molecule has 6 heteroatoms. The van der Waals surface area contributed by atoms with Gasteiger partial charge in [0.1, 0.15) is 5.76 Å². The first-order valence-corrected chi connectivity index (χ1v) is 9.85. The standard InChI is InChI=1S/C21H31N5O/c1-5-22-21(23-10-9-20-17(3)24-27-18(20)4)26-13-11-25(12-14-26)19-8-6-7-16(2)15-19/h6-8,15H,5,9-14H2,1-4H3,(H,22,23). The Hall–Kier alpha value is -2.50. The highest BCUT2D eigenvalue weighted by Crippen LogP contribution is 2.18. The number of hydrogen-bond acceptors (Lipinski definition) is 4. The zero-order valence-corrected chi connectivity index (χ0v) is 17.0. The van der Waals surface area contributed by atoms with Crippen LogP contribution in [0.5, 0.6) is 0 Å². The lowest BCUT2D eigenvalue weighted by Crippen LogP contribution is -2.52. The summed E-state index contributed by atoms with van der Waals surface area (Å²) in [5.41, 5.74) is 4.78. The lowest BCUT2D eigenvalue weighted by molar-refractivity contribution is 0.372. The molecule has 0 atom stereocenters. The number of anilines is 1. The van der Waals surface area contributed by atoms with Crippen LogP contribution in [-0.4, -0.2) is 55.3 Å². The molecule has 1 N–H and O–H groups in total. The minimum Gasteiger partial charge on any atom is -0.368 e. The second-order valence-electron chi connectivity index (χ2n) is 7.10. The number of aromatic nitrogens is 1. The molecule has 1 aliphatic rings. The number of benzene rings is 1. The molecule has 1 aromatic heterocycles. The minimum atomic E-state index is 0.739. The summed E-state index contributed by atoms with van der Waals surface area (Å²) in [5.74, 6) is 1.91. The predicted molar refractivity (Wildman–Crippen MR) is 111 cm³/mol. The van der Waals surface area contributed by atoms with Gasteiger partial charge in [0, 0.05) is 50.5 Å². The molecule has 146 valence electrons. The van der Waals surface area contributed by atoms with E-state index in [1.54, 1.807) is 0 Å². The van der Waals surface area contributed by atoms with Crippen molar-refractivity contribution in [3.8, 4) is 0 Å². The van der Waals surface area contributed by atoms with Gasteiger partial charge >= 0.3 is 0 Å². The Balaban J connectivity index is 1.59. The molecule has 2 aromatic rings. The maximum absolute atomic E-state index is 5.25. The fourth-order valence-electron chi connectivity index (χ4n) is 3.56. The van der Waals surface area contributed by atoms with Crippen molar-refractivity contribution in [2.75, 3.05) is 44.2 Å². The van der Waals surface area contributed by atoms with Crippen molar-refractivity contribution in [3.63, 3.8) is 0 Å². The van der Waals surface area contributed by atoms with Gasteiger partial charge in [0.05, 0.1) is 5.69 Å². The van der Waals surface area contributed by atoms with Gasteiger partial charge in [0.25, 0.3) is 0 Å². The lowest BCUT2D eigenvalue weighted by atomic mass is 10.1. The van der Waals surface area contributed by atoms with Crippen LogP contribution in [0.25, 0.3) is 0 Å². The van der Waals surface area contributed by atoms with Gasteiger partial charge in [-0.2, -0.15) is 0 Å². The van der Waals surface area contributed by atoms with Crippen molar-refractivity contribution in [3.05, 3.63) is 46.8 Å². The van der Waals surface area contributed by atoms with Crippen LogP contribution in [0.1, 0.15) is 29.5 Å². The molecule has 0 bridgehead atoms. The van der Waals surface area contributed by atoms with Crippen LogP contribution < -0.4 is 10.2 Å². The first kappa shape index (κ1) is 19.3. The highest BCUT2D eigenvalue weighted by molar-refractivity contribution is 5.80. The first-order chi connectivity index (χ1) is 13.1. The van der Waals surface area contributed by atoms with E-state index in [1.165, 1.54) is 16.8 Å². The molecule has 0 unspecified atom stereocenters. The van der Waals surface area contributed by atoms with E-state index in [2.05, 4.69) is 58.4 Å². The molecule has 0 saturated carbocycles. The van der Waals surface area contributed by atoms with E-state index in [9.17, 15) is 0 Å². The molecular formula is C21H31N5O. The van der Waals surface area contributed by atoms with Crippen molar-refractivity contribution in [1.82, 2.24) is 15.4 Å². The van der Waals surface area contributed by atoms with Gasteiger partial charge in [-0.3, -0.25) is 4.99 Å². The highest BCUT2D eigenvalue weighted by Gasteiger charge is 2.20. The summed E-state index contributed by atoms with van der Waals surface area (Å²) in [6.45, 7) is 13.8. The molecule has 3 rings (SSSR count). The quantitative estimate of drug-likeness (QED) is 0.649. The highest BCUT2D eigenvalue weighted by atomic mass is 16.5. The maximum Gasteiger partial charge on any atom is 0.194 e. The van der Waals surface area contributed by atoms with Gasteiger partial charge in [0.2, 0.25) is 0 Å². The van der Waals surface area contributed by atoms with Crippen molar-refractivity contribution in [2.24, 2.45) is 4.99 Å². The number of guanidine groups is 1. The SMILES string of the molecule is CCNC(=NCCc1c(C)noc1C)N1CCN(c2cccc(C)c2)CC1. The Labute approximate surface area is 162 Å². The molecule has 0 aliphatic carbocycles. The van der Waals surface area contributed by atoms with Crippen molar-refractivity contribution in [2.45, 2.75) is 34.1 Å². The monoisotopic (exact) mass is 369 g/mol. The van der Waals surface area contributed by atoms with Crippen LogP contribution in [0.4, 0.5) is 5.69 Å². The molecule has 0 spiro atoms. The number of piperazine rings is 1. The predicted octanol–water partition coefficient (Wildman–Crippen LogP) is 2.93. The fourth-order valence-corrected chi connectivity index (χ4v) is 3.56. The zero-order chi connectivity index (χ0) is 19.2. The third kappa shape index (κ3) is 4.81. The molecule has 0 radical (unpaired) electrons. The van der Waals surface area contributed by atoms with E-state index in [4.69, 9.17) is 9.52 Å². The van der Waals surface area contributed by atoms with Crippen molar-refractivity contribution in [1.29, 1.82) is 0 Å². The van der Waals surface area contributed by atoms with Crippen LogP contribution in [0.3, 0.4) is 0 Å². The number of hydrogen-bond donors (Lipinski definition) is 1. The average molecular weight is 370 g/mol. The van der Waals surface area contributed by atoms with E-state index in [0.29, 0.717) is 0 Å². The molecule has 1 fully saturated rings. The van der Waals surface area contributed by atoms with Gasteiger partial charge in [-0.1, -0.05) is 17.3 Å². The van der Waals surface area contributed by atoms with Crippen LogP contribution >= 0.6 is 0 Å². The molecule has 27 heavy (non-hydrogen) atoms. The smallest absolute Gasteiger partial charge is 0.194 e. The Morgan fingerprint density at radius 2 is 1.96 bits per heavy atom. The summed E-state index contributed by atoms with van der Waals surface area (Å²) >= 11 is 0. The van der Waals surface area contributed by atoms with Gasteiger partial charge in [-0.05, 0) is 51.8 Å². The zero-order valence-electron chi connectivity index (χ0n) is 17.0. The van der Waals surface area contributed by atoms with Gasteiger partial charge in [0.15, 0.2) is 5.96 Å². The summed E-state index contributed by atoms with van der Waals surface area (Å²) < 4.78 is 5.25. The second kappa shape index (κ2) is 8.93. The van der Waals surface area contributed by atoms with E-state index in [1.807, 2.05) is 13.8 Å². The Kier molecular flexibility index (Phi) is 6.37. The average Bonchev–Trinajstić information content (AvgIpc) is 2.99. The Morgan fingerprint density at radius 1 is 1.19 bits per heavy atom. The largest absolute Gasteiger partial charge is 0.368 e. The van der Waals surface area contributed by atoms with Crippen LogP contribution in [0, 0.1) is 20.8 Å². The summed E-state index contributed by atoms with van der Waals surface area (Å²) in [6, 6.07) is 8.75. The summed E-state index contributed by atoms with van der Waals surface area (Å²) in [5, 5.41) is 7.47. The Morgan fingerprint density at radius 3 is 2.59 bits per heavy atom. The Bertz CT molecular complexity index is 755. The molecule has 2 heterocycles. The number of nitrogens with one attached hydrogen (secondary N) is 1. The number of rotatable bonds is 5. The molecule has 1 saturated heterocycles. The van der Waals surface area contributed by atoms with Crippen LogP contribution in [-0.2, 0) is 6.42 Å². The van der Waals surface area contributed by atoms with E-state index in [-0.39, 0.29) is 0 Å². The third-order valence-electron chi connectivity index (χ3n) is 5.09. The third-order valence-corrected chi connectivity index (χ3v) is 5.09. The molecule has 1 aromatic carbocycles. The molecular weight excluding hydrogens is 338 g/mol. The van der Waals surface area contributed by atoms with Gasteiger partial charge in [-0.25, -0.2) is 0 Å². The van der Waals surface area contributed by atoms with Gasteiger partial charge < -0.3 is 19.6 Å². The van der Waals surface area contributed by atoms with E-state index >= 15 is 0 Å². The normalized spacial score (nSPS) is 15.3. The first-order valence-electron chi connectivity index (χ1n) is 9.85. The number of nitrogens with zero attached hydrogens (tertiary/aromatic N) is 4. The van der Waals surface area contributed by atoms with Crippen molar-refractivity contribution < 1.29 is 4.52 Å². The van der Waals surface area contributed by atoms with E-state index in [0.717, 1.165) is 63.1 Å². The van der Waals surface area contributed by atoms with Crippen LogP contribution in [0.2, 0.25) is 0 Å². The maximum atomic E-state index is 5.25. The topological polar surface area (TPSA) is 56.9 Å². The number of aryl methyl sites for hydroxylation is 3. The summed E-state index contributed by atoms with van der Waals surface area (Å²) in [6.07, 6.45) is 0.860. The number of aliphatic imine (C=N–C) groups is 1. The van der Waals surface area contributed by atoms with Crippen LogP contribution in [0.15, 0.2) is 33.8 Å². The fraction of sp³-hybridized carbons (Fsp3) is 0.524. The molecule has 6 nitrogen and oxygen atoms in total. The molecule has 0 amide bonds. The lowest BCUT2D eigenvalue weighted by Gasteiger charge is -2.37. The second-order valence-corrected chi connectivity index (χ2v) is 7.10. The minimum absolute atomic E-state index is 0.739. The van der Waals surface area contributed by atoms with E-state index < -0.39 is 0 Å². The summed E-state index contributed by atoms with van der Waals surface area (Å²) in [4.78, 5) is 9.67. The molecule has 1 aliphatic heterocycles. The summed E-state index contributed by atoms with van der Waals surface area (Å²) in [7, 11) is 0. The van der Waals surface area contributed by atoms with Gasteiger partial charge in [-0.15, -0.1) is 0 Å².